The fourth-order valence-corrected chi connectivity index (χ4v) is 1.85. The van der Waals surface area contributed by atoms with Crippen LogP contribution in [0.4, 0.5) is 0 Å². The zero-order valence-corrected chi connectivity index (χ0v) is 12.7. The van der Waals surface area contributed by atoms with Gasteiger partial charge in [-0.1, -0.05) is 29.8 Å². The Kier molecular flexibility index (Phi) is 7.30. The van der Waals surface area contributed by atoms with E-state index in [1.165, 1.54) is 0 Å². The number of hydrogen-bond acceptors (Lipinski definition) is 2. The molecule has 0 spiro atoms. The number of nitrogens with zero attached hydrogens (tertiary/aromatic N) is 2. The molecule has 1 aromatic rings. The lowest BCUT2D eigenvalue weighted by molar-refractivity contribution is 0.399. The van der Waals surface area contributed by atoms with E-state index < -0.39 is 0 Å². The highest BCUT2D eigenvalue weighted by atomic mass is 35.5. The zero-order chi connectivity index (χ0) is 14.1. The Morgan fingerprint density at radius 2 is 2.00 bits per heavy atom. The summed E-state index contributed by atoms with van der Waals surface area (Å²) in [6, 6.07) is 7.82. The monoisotopic (exact) mass is 282 g/mol. The summed E-state index contributed by atoms with van der Waals surface area (Å²) in [6.07, 6.45) is 1.08. The van der Waals surface area contributed by atoms with Gasteiger partial charge in [0.2, 0.25) is 0 Å². The number of guanidine groups is 1. The Labute approximate surface area is 120 Å². The van der Waals surface area contributed by atoms with Gasteiger partial charge in [0.05, 0.1) is 0 Å². The molecule has 0 bridgehead atoms. The van der Waals surface area contributed by atoms with Crippen molar-refractivity contribution in [2.45, 2.75) is 13.0 Å². The van der Waals surface area contributed by atoms with Crippen molar-refractivity contribution in [3.63, 3.8) is 0 Å². The second kappa shape index (κ2) is 8.77. The minimum Gasteiger partial charge on any atom is -0.356 e. The van der Waals surface area contributed by atoms with E-state index in [1.807, 2.05) is 24.3 Å². The summed E-state index contributed by atoms with van der Waals surface area (Å²) in [5.74, 6) is 0.804. The van der Waals surface area contributed by atoms with Crippen LogP contribution in [0.5, 0.6) is 0 Å². The van der Waals surface area contributed by atoms with Crippen LogP contribution >= 0.6 is 11.6 Å². The first-order valence-electron chi connectivity index (χ1n) is 6.46. The van der Waals surface area contributed by atoms with E-state index >= 15 is 0 Å². The zero-order valence-electron chi connectivity index (χ0n) is 11.9. The second-order valence-electron chi connectivity index (χ2n) is 4.60. The van der Waals surface area contributed by atoms with Crippen LogP contribution in [0.1, 0.15) is 12.0 Å². The van der Waals surface area contributed by atoms with E-state index in [2.05, 4.69) is 34.6 Å². The van der Waals surface area contributed by atoms with Gasteiger partial charge in [0, 0.05) is 25.2 Å². The Bertz CT molecular complexity index is 404. The summed E-state index contributed by atoms with van der Waals surface area (Å²) in [5, 5.41) is 7.32. The molecule has 0 atom stereocenters. The summed E-state index contributed by atoms with van der Waals surface area (Å²) >= 11 is 6.11. The third-order valence-electron chi connectivity index (χ3n) is 2.70. The normalized spacial score (nSPS) is 11.7. The standard InChI is InChI=1S/C14H23ClN4/c1-16-14(17-9-6-10-19(2)3)18-11-12-7-4-5-8-13(12)15/h4-5,7-8H,6,9-11H2,1-3H3,(H2,16,17,18). The highest BCUT2D eigenvalue weighted by Crippen LogP contribution is 2.13. The first-order valence-corrected chi connectivity index (χ1v) is 6.84. The highest BCUT2D eigenvalue weighted by Gasteiger charge is 2.01. The van der Waals surface area contributed by atoms with Crippen LogP contribution in [-0.2, 0) is 6.54 Å². The van der Waals surface area contributed by atoms with E-state index in [9.17, 15) is 0 Å². The average Bonchev–Trinajstić information content (AvgIpc) is 2.39. The van der Waals surface area contributed by atoms with Crippen molar-refractivity contribution in [3.8, 4) is 0 Å². The molecule has 0 saturated carbocycles. The quantitative estimate of drug-likeness (QED) is 0.476. The maximum Gasteiger partial charge on any atom is 0.191 e. The first kappa shape index (κ1) is 15.8. The van der Waals surface area contributed by atoms with E-state index in [4.69, 9.17) is 11.6 Å². The lowest BCUT2D eigenvalue weighted by atomic mass is 10.2. The van der Waals surface area contributed by atoms with Crippen molar-refractivity contribution in [1.82, 2.24) is 15.5 Å². The van der Waals surface area contributed by atoms with E-state index in [0.717, 1.165) is 36.1 Å². The molecule has 0 aliphatic carbocycles. The van der Waals surface area contributed by atoms with Crippen LogP contribution < -0.4 is 10.6 Å². The van der Waals surface area contributed by atoms with Crippen molar-refractivity contribution >= 4 is 17.6 Å². The minimum absolute atomic E-state index is 0.674. The largest absolute Gasteiger partial charge is 0.356 e. The molecule has 0 fully saturated rings. The summed E-state index contributed by atoms with van der Waals surface area (Å²) in [6.45, 7) is 2.64. The van der Waals surface area contributed by atoms with Gasteiger partial charge in [-0.2, -0.15) is 0 Å². The molecule has 1 aromatic carbocycles. The Morgan fingerprint density at radius 1 is 1.26 bits per heavy atom. The molecule has 5 heteroatoms. The number of rotatable bonds is 6. The molecule has 4 nitrogen and oxygen atoms in total. The summed E-state index contributed by atoms with van der Waals surface area (Å²) in [7, 11) is 5.92. The lowest BCUT2D eigenvalue weighted by Crippen LogP contribution is -2.38. The van der Waals surface area contributed by atoms with Crippen LogP contribution in [-0.4, -0.2) is 45.1 Å². The summed E-state index contributed by atoms with van der Waals surface area (Å²) in [4.78, 5) is 6.36. The molecule has 2 N–H and O–H groups in total. The van der Waals surface area contributed by atoms with Gasteiger partial charge >= 0.3 is 0 Å². The molecular formula is C14H23ClN4. The fraction of sp³-hybridized carbons (Fsp3) is 0.500. The number of benzene rings is 1. The van der Waals surface area contributed by atoms with Gasteiger partial charge in [-0.05, 0) is 38.7 Å². The molecule has 0 aliphatic heterocycles. The Hall–Kier alpha value is -1.26. The van der Waals surface area contributed by atoms with Gasteiger partial charge < -0.3 is 15.5 Å². The number of nitrogens with one attached hydrogen (secondary N) is 2. The molecule has 0 aromatic heterocycles. The van der Waals surface area contributed by atoms with E-state index in [0.29, 0.717) is 6.54 Å². The van der Waals surface area contributed by atoms with Crippen LogP contribution in [0.2, 0.25) is 5.02 Å². The number of aliphatic imine (C=N–C) groups is 1. The van der Waals surface area contributed by atoms with Gasteiger partial charge in [-0.15, -0.1) is 0 Å². The van der Waals surface area contributed by atoms with Gasteiger partial charge in [-0.3, -0.25) is 4.99 Å². The SMILES string of the molecule is CN=C(NCCCN(C)C)NCc1ccccc1Cl. The number of halogens is 1. The predicted molar refractivity (Wildman–Crippen MR) is 82.8 cm³/mol. The Morgan fingerprint density at radius 3 is 2.63 bits per heavy atom. The van der Waals surface area contributed by atoms with Crippen molar-refractivity contribution in [2.75, 3.05) is 34.2 Å². The maximum atomic E-state index is 6.11. The topological polar surface area (TPSA) is 39.7 Å². The molecule has 0 amide bonds. The summed E-state index contributed by atoms with van der Waals surface area (Å²) < 4.78 is 0. The molecule has 1 rings (SSSR count). The van der Waals surface area contributed by atoms with Gasteiger partial charge in [0.15, 0.2) is 5.96 Å². The third kappa shape index (κ3) is 6.45. The van der Waals surface area contributed by atoms with Crippen molar-refractivity contribution in [1.29, 1.82) is 0 Å². The van der Waals surface area contributed by atoms with E-state index in [-0.39, 0.29) is 0 Å². The first-order chi connectivity index (χ1) is 9.13. The van der Waals surface area contributed by atoms with Gasteiger partial charge in [0.25, 0.3) is 0 Å². The fourth-order valence-electron chi connectivity index (χ4n) is 1.64. The molecule has 0 unspecified atom stereocenters. The van der Waals surface area contributed by atoms with Crippen LogP contribution in [0.25, 0.3) is 0 Å². The maximum absolute atomic E-state index is 6.11. The molecule has 0 aliphatic rings. The second-order valence-corrected chi connectivity index (χ2v) is 5.01. The lowest BCUT2D eigenvalue weighted by Gasteiger charge is -2.14. The summed E-state index contributed by atoms with van der Waals surface area (Å²) in [5.41, 5.74) is 1.07. The van der Waals surface area contributed by atoms with Crippen LogP contribution in [0.15, 0.2) is 29.3 Å². The van der Waals surface area contributed by atoms with Crippen molar-refractivity contribution < 1.29 is 0 Å². The highest BCUT2D eigenvalue weighted by molar-refractivity contribution is 6.31. The smallest absolute Gasteiger partial charge is 0.191 e. The number of hydrogen-bond donors (Lipinski definition) is 2. The molecular weight excluding hydrogens is 260 g/mol. The molecule has 0 saturated heterocycles. The predicted octanol–water partition coefficient (Wildman–Crippen LogP) is 1.96. The minimum atomic E-state index is 0.674. The van der Waals surface area contributed by atoms with E-state index in [1.54, 1.807) is 7.05 Å². The van der Waals surface area contributed by atoms with Crippen LogP contribution in [0.3, 0.4) is 0 Å². The molecule has 0 radical (unpaired) electrons. The molecule has 0 heterocycles. The Balaban J connectivity index is 2.32. The van der Waals surface area contributed by atoms with Crippen molar-refractivity contribution in [2.24, 2.45) is 4.99 Å². The third-order valence-corrected chi connectivity index (χ3v) is 3.07. The molecule has 19 heavy (non-hydrogen) atoms. The van der Waals surface area contributed by atoms with Crippen molar-refractivity contribution in [3.05, 3.63) is 34.9 Å². The molecule has 106 valence electrons. The van der Waals surface area contributed by atoms with Gasteiger partial charge in [0.1, 0.15) is 0 Å². The average molecular weight is 283 g/mol. The van der Waals surface area contributed by atoms with Gasteiger partial charge in [-0.25, -0.2) is 0 Å². The van der Waals surface area contributed by atoms with Crippen LogP contribution in [0, 0.1) is 0 Å².